The van der Waals surface area contributed by atoms with Gasteiger partial charge in [0.2, 0.25) is 0 Å². The summed E-state index contributed by atoms with van der Waals surface area (Å²) in [5.41, 5.74) is 8.94. The summed E-state index contributed by atoms with van der Waals surface area (Å²) in [5, 5.41) is 0. The Morgan fingerprint density at radius 1 is 1.24 bits per heavy atom. The molecule has 0 amide bonds. The Balaban J connectivity index is 2.21. The predicted molar refractivity (Wildman–Crippen MR) is 81.8 cm³/mol. The lowest BCUT2D eigenvalue weighted by molar-refractivity contribution is 0.417. The van der Waals surface area contributed by atoms with E-state index in [1.807, 2.05) is 29.7 Å². The van der Waals surface area contributed by atoms with Crippen LogP contribution < -0.4 is 10.5 Å². The average molecular weight is 285 g/mol. The van der Waals surface area contributed by atoms with Gasteiger partial charge in [-0.25, -0.2) is 9.37 Å². The second-order valence-corrected chi connectivity index (χ2v) is 4.77. The highest BCUT2D eigenvalue weighted by atomic mass is 19.1. The van der Waals surface area contributed by atoms with Gasteiger partial charge in [0.15, 0.2) is 0 Å². The Bertz CT molecular complexity index is 811. The van der Waals surface area contributed by atoms with Crippen LogP contribution in [0.5, 0.6) is 5.75 Å². The van der Waals surface area contributed by atoms with Gasteiger partial charge in [0, 0.05) is 18.2 Å². The van der Waals surface area contributed by atoms with E-state index in [0.717, 1.165) is 23.4 Å². The minimum atomic E-state index is -0.288. The lowest BCUT2D eigenvalue weighted by Gasteiger charge is -2.09. The van der Waals surface area contributed by atoms with Crippen LogP contribution in [-0.2, 0) is 6.54 Å². The Labute approximate surface area is 122 Å². The molecular formula is C16H16FN3O. The number of imidazole rings is 1. The molecule has 2 aromatic carbocycles. The Kier molecular flexibility index (Phi) is 3.25. The molecule has 1 heterocycles. The van der Waals surface area contributed by atoms with E-state index in [-0.39, 0.29) is 5.82 Å². The highest BCUT2D eigenvalue weighted by molar-refractivity contribution is 5.81. The quantitative estimate of drug-likeness (QED) is 0.750. The van der Waals surface area contributed by atoms with Gasteiger partial charge in [-0.2, -0.15) is 0 Å². The zero-order valence-electron chi connectivity index (χ0n) is 11.9. The molecule has 1 aromatic heterocycles. The molecule has 0 saturated carbocycles. The fourth-order valence-corrected chi connectivity index (χ4v) is 2.52. The van der Waals surface area contributed by atoms with Crippen molar-refractivity contribution in [2.45, 2.75) is 13.5 Å². The molecule has 0 radical (unpaired) electrons. The van der Waals surface area contributed by atoms with Crippen LogP contribution in [0.1, 0.15) is 6.92 Å². The van der Waals surface area contributed by atoms with Gasteiger partial charge in [-0.05, 0) is 37.3 Å². The van der Waals surface area contributed by atoms with Gasteiger partial charge in [0.05, 0.1) is 23.8 Å². The maximum Gasteiger partial charge on any atom is 0.141 e. The molecule has 21 heavy (non-hydrogen) atoms. The first-order valence-corrected chi connectivity index (χ1v) is 6.73. The SMILES string of the molecule is CCn1c(-c2ccc(OC)c(N)c2)nc2cc(F)ccc21. The first kappa shape index (κ1) is 13.4. The van der Waals surface area contributed by atoms with Crippen LogP contribution in [0.15, 0.2) is 36.4 Å². The van der Waals surface area contributed by atoms with Crippen LogP contribution in [0.25, 0.3) is 22.4 Å². The van der Waals surface area contributed by atoms with Crippen molar-refractivity contribution in [3.8, 4) is 17.1 Å². The average Bonchev–Trinajstić information content (AvgIpc) is 2.84. The van der Waals surface area contributed by atoms with E-state index in [4.69, 9.17) is 10.5 Å². The highest BCUT2D eigenvalue weighted by Gasteiger charge is 2.13. The number of aryl methyl sites for hydroxylation is 1. The number of benzene rings is 2. The number of methoxy groups -OCH3 is 1. The van der Waals surface area contributed by atoms with Crippen LogP contribution in [0.4, 0.5) is 10.1 Å². The molecule has 0 spiro atoms. The van der Waals surface area contributed by atoms with Crippen LogP contribution in [0.2, 0.25) is 0 Å². The predicted octanol–water partition coefficient (Wildman–Crippen LogP) is 3.45. The van der Waals surface area contributed by atoms with Crippen LogP contribution in [0, 0.1) is 5.82 Å². The second kappa shape index (κ2) is 5.09. The summed E-state index contributed by atoms with van der Waals surface area (Å²) in [6.07, 6.45) is 0. The maximum absolute atomic E-state index is 13.4. The molecule has 0 bridgehead atoms. The number of ether oxygens (including phenoxy) is 1. The van der Waals surface area contributed by atoms with Crippen molar-refractivity contribution in [1.82, 2.24) is 9.55 Å². The first-order valence-electron chi connectivity index (χ1n) is 6.73. The highest BCUT2D eigenvalue weighted by Crippen LogP contribution is 2.30. The summed E-state index contributed by atoms with van der Waals surface area (Å²) < 4.78 is 20.6. The molecule has 2 N–H and O–H groups in total. The molecule has 108 valence electrons. The van der Waals surface area contributed by atoms with Gasteiger partial charge >= 0.3 is 0 Å². The van der Waals surface area contributed by atoms with E-state index in [9.17, 15) is 4.39 Å². The van der Waals surface area contributed by atoms with Crippen molar-refractivity contribution in [3.05, 3.63) is 42.2 Å². The van der Waals surface area contributed by atoms with Gasteiger partial charge in [-0.3, -0.25) is 0 Å². The molecule has 4 nitrogen and oxygen atoms in total. The Morgan fingerprint density at radius 3 is 2.71 bits per heavy atom. The van der Waals surface area contributed by atoms with Gasteiger partial charge in [-0.15, -0.1) is 0 Å². The minimum absolute atomic E-state index is 0.288. The largest absolute Gasteiger partial charge is 0.495 e. The van der Waals surface area contributed by atoms with Gasteiger partial charge in [-0.1, -0.05) is 0 Å². The summed E-state index contributed by atoms with van der Waals surface area (Å²) in [6.45, 7) is 2.77. The third kappa shape index (κ3) is 2.20. The topological polar surface area (TPSA) is 53.1 Å². The molecule has 0 unspecified atom stereocenters. The Morgan fingerprint density at radius 2 is 2.05 bits per heavy atom. The number of anilines is 1. The third-order valence-corrected chi connectivity index (χ3v) is 3.51. The maximum atomic E-state index is 13.4. The normalized spacial score (nSPS) is 11.0. The van der Waals surface area contributed by atoms with E-state index in [1.54, 1.807) is 13.2 Å². The monoisotopic (exact) mass is 285 g/mol. The van der Waals surface area contributed by atoms with Crippen molar-refractivity contribution in [3.63, 3.8) is 0 Å². The number of hydrogen-bond donors (Lipinski definition) is 1. The third-order valence-electron chi connectivity index (χ3n) is 3.51. The molecule has 0 aliphatic rings. The number of nitrogens with two attached hydrogens (primary N) is 1. The van der Waals surface area contributed by atoms with Gasteiger partial charge in [0.25, 0.3) is 0 Å². The van der Waals surface area contributed by atoms with Crippen molar-refractivity contribution >= 4 is 16.7 Å². The van der Waals surface area contributed by atoms with E-state index in [0.29, 0.717) is 17.0 Å². The molecule has 0 aliphatic carbocycles. The summed E-state index contributed by atoms with van der Waals surface area (Å²) in [6, 6.07) is 10.2. The molecule has 5 heteroatoms. The first-order chi connectivity index (χ1) is 10.1. The molecule has 0 fully saturated rings. The van der Waals surface area contributed by atoms with E-state index in [1.165, 1.54) is 12.1 Å². The number of aromatic nitrogens is 2. The summed E-state index contributed by atoms with van der Waals surface area (Å²) in [7, 11) is 1.58. The summed E-state index contributed by atoms with van der Waals surface area (Å²) >= 11 is 0. The summed E-state index contributed by atoms with van der Waals surface area (Å²) in [4.78, 5) is 4.54. The molecule has 3 rings (SSSR count). The smallest absolute Gasteiger partial charge is 0.141 e. The number of nitrogens with zero attached hydrogens (tertiary/aromatic N) is 2. The van der Waals surface area contributed by atoms with Crippen molar-refractivity contribution < 1.29 is 9.13 Å². The number of halogens is 1. The van der Waals surface area contributed by atoms with Crippen LogP contribution in [-0.4, -0.2) is 16.7 Å². The number of fused-ring (bicyclic) bond motifs is 1. The summed E-state index contributed by atoms with van der Waals surface area (Å²) in [5.74, 6) is 1.11. The van der Waals surface area contributed by atoms with Crippen LogP contribution >= 0.6 is 0 Å². The molecular weight excluding hydrogens is 269 g/mol. The number of nitrogen functional groups attached to an aromatic ring is 1. The lowest BCUT2D eigenvalue weighted by atomic mass is 10.1. The van der Waals surface area contributed by atoms with E-state index < -0.39 is 0 Å². The standard InChI is InChI=1S/C16H16FN3O/c1-3-20-14-6-5-11(17)9-13(14)19-16(20)10-4-7-15(21-2)12(18)8-10/h4-9H,3,18H2,1-2H3. The second-order valence-electron chi connectivity index (χ2n) is 4.77. The van der Waals surface area contributed by atoms with Crippen LogP contribution in [0.3, 0.4) is 0 Å². The zero-order valence-corrected chi connectivity index (χ0v) is 11.9. The van der Waals surface area contributed by atoms with E-state index in [2.05, 4.69) is 4.98 Å². The van der Waals surface area contributed by atoms with E-state index >= 15 is 0 Å². The minimum Gasteiger partial charge on any atom is -0.495 e. The van der Waals surface area contributed by atoms with Crippen molar-refractivity contribution in [2.24, 2.45) is 0 Å². The molecule has 3 aromatic rings. The van der Waals surface area contributed by atoms with Gasteiger partial charge in [0.1, 0.15) is 17.4 Å². The fourth-order valence-electron chi connectivity index (χ4n) is 2.52. The number of rotatable bonds is 3. The Hall–Kier alpha value is -2.56. The molecule has 0 atom stereocenters. The van der Waals surface area contributed by atoms with Crippen molar-refractivity contribution in [1.29, 1.82) is 0 Å². The zero-order chi connectivity index (χ0) is 15.0. The van der Waals surface area contributed by atoms with Gasteiger partial charge < -0.3 is 15.0 Å². The number of hydrogen-bond acceptors (Lipinski definition) is 3. The lowest BCUT2D eigenvalue weighted by Crippen LogP contribution is -1.99. The van der Waals surface area contributed by atoms with Crippen molar-refractivity contribution in [2.75, 3.05) is 12.8 Å². The molecule has 0 aliphatic heterocycles. The fraction of sp³-hybridized carbons (Fsp3) is 0.188. The molecule has 0 saturated heterocycles.